The summed E-state index contributed by atoms with van der Waals surface area (Å²) in [5.41, 5.74) is 0.846. The second-order valence-electron chi connectivity index (χ2n) is 10.4. The number of rotatable bonds is 3. The molecule has 4 aliphatic rings. The Morgan fingerprint density at radius 3 is 2.18 bits per heavy atom. The molecule has 1 aromatic carbocycles. The molecule has 2 heterocycles. The van der Waals surface area contributed by atoms with Crippen molar-refractivity contribution < 1.29 is 18.8 Å². The zero-order valence-corrected chi connectivity index (χ0v) is 17.8. The largest absolute Gasteiger partial charge is 0.464 e. The number of hydrogen-bond acceptors (Lipinski definition) is 4. The Morgan fingerprint density at radius 2 is 1.50 bits per heavy atom. The molecular formula is C23H33BO4. The number of fused-ring (bicyclic) bond motifs is 1. The first-order chi connectivity index (χ1) is 13.3. The zero-order chi connectivity index (χ0) is 19.6. The van der Waals surface area contributed by atoms with Gasteiger partial charge in [-0.05, 0) is 70.1 Å². The smallest absolute Gasteiger partial charge is 0.454 e. The minimum Gasteiger partial charge on any atom is -0.454 e. The number of ether oxygens (including phenoxy) is 2. The van der Waals surface area contributed by atoms with Crippen LogP contribution >= 0.6 is 0 Å². The average molecular weight is 384 g/mol. The molecule has 4 nitrogen and oxygen atoms in total. The molecule has 0 atom stereocenters. The minimum atomic E-state index is -0.261. The van der Waals surface area contributed by atoms with Crippen molar-refractivity contribution >= 4 is 7.12 Å². The molecule has 3 fully saturated rings. The monoisotopic (exact) mass is 384 g/mol. The molecule has 2 aliphatic heterocycles. The molecule has 2 aliphatic carbocycles. The third-order valence-corrected chi connectivity index (χ3v) is 8.26. The van der Waals surface area contributed by atoms with Gasteiger partial charge in [0.2, 0.25) is 6.79 Å². The first-order valence-electron chi connectivity index (χ1n) is 11.1. The molecule has 0 radical (unpaired) electrons. The van der Waals surface area contributed by atoms with Gasteiger partial charge in [0.05, 0.1) is 11.2 Å². The first kappa shape index (κ1) is 18.8. The molecule has 5 heteroatoms. The Balaban J connectivity index is 1.40. The Hall–Kier alpha value is -1.20. The van der Waals surface area contributed by atoms with E-state index < -0.39 is 0 Å². The summed E-state index contributed by atoms with van der Waals surface area (Å²) in [6.07, 6.45) is 9.00. The highest BCUT2D eigenvalue weighted by Gasteiger charge is 2.65. The van der Waals surface area contributed by atoms with E-state index in [0.29, 0.717) is 18.6 Å². The molecular weight excluding hydrogens is 351 g/mol. The van der Waals surface area contributed by atoms with Crippen LogP contribution in [0.25, 0.3) is 0 Å². The van der Waals surface area contributed by atoms with E-state index in [1.54, 1.807) is 0 Å². The second kappa shape index (κ2) is 6.40. The van der Waals surface area contributed by atoms with Crippen molar-refractivity contribution in [3.63, 3.8) is 0 Å². The summed E-state index contributed by atoms with van der Waals surface area (Å²) in [4.78, 5) is 0. The van der Waals surface area contributed by atoms with Crippen LogP contribution in [0.4, 0.5) is 0 Å². The maximum absolute atomic E-state index is 6.62. The predicted octanol–water partition coefficient (Wildman–Crippen LogP) is 5.71. The van der Waals surface area contributed by atoms with E-state index in [1.165, 1.54) is 37.7 Å². The average Bonchev–Trinajstić information content (AvgIpc) is 3.16. The maximum Gasteiger partial charge on any atom is 0.464 e. The topological polar surface area (TPSA) is 36.9 Å². The lowest BCUT2D eigenvalue weighted by atomic mass is 9.37. The van der Waals surface area contributed by atoms with Crippen LogP contribution in [-0.2, 0) is 9.31 Å². The molecule has 2 saturated carbocycles. The highest BCUT2D eigenvalue weighted by atomic mass is 16.7. The van der Waals surface area contributed by atoms with E-state index in [1.807, 2.05) is 0 Å². The highest BCUT2D eigenvalue weighted by molar-refractivity contribution is 6.50. The van der Waals surface area contributed by atoms with Gasteiger partial charge < -0.3 is 18.8 Å². The van der Waals surface area contributed by atoms with Gasteiger partial charge in [0.25, 0.3) is 0 Å². The summed E-state index contributed by atoms with van der Waals surface area (Å²) >= 11 is 0. The molecule has 28 heavy (non-hydrogen) atoms. The van der Waals surface area contributed by atoms with E-state index in [-0.39, 0.29) is 23.6 Å². The lowest BCUT2D eigenvalue weighted by Gasteiger charge is -2.54. The van der Waals surface area contributed by atoms with Crippen molar-refractivity contribution in [1.29, 1.82) is 0 Å². The van der Waals surface area contributed by atoms with Crippen molar-refractivity contribution in [1.82, 2.24) is 0 Å². The zero-order valence-electron chi connectivity index (χ0n) is 17.8. The Kier molecular flexibility index (Phi) is 4.30. The van der Waals surface area contributed by atoms with Crippen molar-refractivity contribution in [3.05, 3.63) is 23.8 Å². The lowest BCUT2D eigenvalue weighted by Crippen LogP contribution is -2.49. The molecule has 0 spiro atoms. The standard InChI is InChI=1S/C23H33BO4/c1-21(2)22(3,4)28-24(27-21)23(18-8-6-5-7-9-18)13-17(14-23)16-10-11-19-20(12-16)26-15-25-19/h10-12,17-18H,5-9,13-15H2,1-4H3. The van der Waals surface area contributed by atoms with Crippen LogP contribution in [0.5, 0.6) is 11.5 Å². The summed E-state index contributed by atoms with van der Waals surface area (Å²) in [5.74, 6) is 3.02. The summed E-state index contributed by atoms with van der Waals surface area (Å²) in [6.45, 7) is 9.04. The van der Waals surface area contributed by atoms with E-state index in [4.69, 9.17) is 18.8 Å². The van der Waals surface area contributed by atoms with Crippen LogP contribution in [0, 0.1) is 5.92 Å². The van der Waals surface area contributed by atoms with Gasteiger partial charge in [-0.25, -0.2) is 0 Å². The van der Waals surface area contributed by atoms with Gasteiger partial charge >= 0.3 is 7.12 Å². The number of benzene rings is 1. The Labute approximate surface area is 169 Å². The van der Waals surface area contributed by atoms with Crippen LogP contribution in [-0.4, -0.2) is 25.1 Å². The molecule has 0 amide bonds. The molecule has 0 unspecified atom stereocenters. The Bertz CT molecular complexity index is 731. The van der Waals surface area contributed by atoms with Gasteiger partial charge in [0.1, 0.15) is 0 Å². The molecule has 1 aromatic rings. The fourth-order valence-electron chi connectivity index (χ4n) is 5.73. The van der Waals surface area contributed by atoms with Crippen molar-refractivity contribution in [2.24, 2.45) is 5.92 Å². The van der Waals surface area contributed by atoms with Crippen LogP contribution in [0.1, 0.15) is 84.1 Å². The van der Waals surface area contributed by atoms with E-state index in [0.717, 1.165) is 24.3 Å². The van der Waals surface area contributed by atoms with Gasteiger partial charge in [-0.15, -0.1) is 0 Å². The normalized spacial score (nSPS) is 33.7. The molecule has 0 aromatic heterocycles. The fourth-order valence-corrected chi connectivity index (χ4v) is 5.73. The molecule has 5 rings (SSSR count). The van der Waals surface area contributed by atoms with Gasteiger partial charge in [-0.2, -0.15) is 0 Å². The molecule has 1 saturated heterocycles. The summed E-state index contributed by atoms with van der Waals surface area (Å²) < 4.78 is 24.3. The van der Waals surface area contributed by atoms with Gasteiger partial charge in [-0.3, -0.25) is 0 Å². The van der Waals surface area contributed by atoms with E-state index in [9.17, 15) is 0 Å². The van der Waals surface area contributed by atoms with Crippen LogP contribution in [0.3, 0.4) is 0 Å². The minimum absolute atomic E-state index is 0.0918. The molecule has 0 bridgehead atoms. The van der Waals surface area contributed by atoms with Crippen molar-refractivity contribution in [2.75, 3.05) is 6.79 Å². The predicted molar refractivity (Wildman–Crippen MR) is 110 cm³/mol. The van der Waals surface area contributed by atoms with Crippen LogP contribution in [0.2, 0.25) is 5.31 Å². The van der Waals surface area contributed by atoms with Crippen molar-refractivity contribution in [3.8, 4) is 11.5 Å². The van der Waals surface area contributed by atoms with Crippen LogP contribution in [0.15, 0.2) is 18.2 Å². The Morgan fingerprint density at radius 1 is 0.857 bits per heavy atom. The molecule has 0 N–H and O–H groups in total. The molecule has 152 valence electrons. The third kappa shape index (κ3) is 2.80. The summed E-state index contributed by atoms with van der Waals surface area (Å²) in [6, 6.07) is 6.46. The van der Waals surface area contributed by atoms with Crippen LogP contribution < -0.4 is 9.47 Å². The SMILES string of the molecule is CC1(C)OB(C2(C3CCCCC3)CC(c3ccc4c(c3)OCO4)C2)OC1(C)C. The maximum atomic E-state index is 6.62. The highest BCUT2D eigenvalue weighted by Crippen LogP contribution is 2.68. The number of hydrogen-bond donors (Lipinski definition) is 0. The second-order valence-corrected chi connectivity index (χ2v) is 10.4. The summed E-state index contributed by atoms with van der Waals surface area (Å²) in [7, 11) is -0.0918. The van der Waals surface area contributed by atoms with Gasteiger partial charge in [0.15, 0.2) is 11.5 Å². The third-order valence-electron chi connectivity index (χ3n) is 8.26. The van der Waals surface area contributed by atoms with Crippen molar-refractivity contribution in [2.45, 2.75) is 95.1 Å². The van der Waals surface area contributed by atoms with Gasteiger partial charge in [0, 0.05) is 5.31 Å². The van der Waals surface area contributed by atoms with Gasteiger partial charge in [-0.1, -0.05) is 38.2 Å². The van der Waals surface area contributed by atoms with E-state index >= 15 is 0 Å². The quantitative estimate of drug-likeness (QED) is 0.626. The fraction of sp³-hybridized carbons (Fsp3) is 0.739. The lowest BCUT2D eigenvalue weighted by molar-refractivity contribution is 0.00578. The first-order valence-corrected chi connectivity index (χ1v) is 11.1. The van der Waals surface area contributed by atoms with E-state index in [2.05, 4.69) is 45.9 Å². The summed E-state index contributed by atoms with van der Waals surface area (Å²) in [5, 5.41) is 0.145.